The molecule has 0 unspecified atom stereocenters. The van der Waals surface area contributed by atoms with Crippen molar-refractivity contribution in [2.75, 3.05) is 26.2 Å². The molecule has 1 atom stereocenters. The first-order chi connectivity index (χ1) is 15.1. The SMILES string of the molecule is C[C@@H](Oc1cccc(Cl)c1)C(=O)N1CCCN(Cc2noc(-c3ccccc3)n2)CC1. The Kier molecular flexibility index (Phi) is 6.84. The average Bonchev–Trinajstić information content (AvgIpc) is 3.12. The maximum Gasteiger partial charge on any atom is 0.263 e. The van der Waals surface area contributed by atoms with Gasteiger partial charge < -0.3 is 14.2 Å². The van der Waals surface area contributed by atoms with Crippen molar-refractivity contribution >= 4 is 17.5 Å². The first-order valence-corrected chi connectivity index (χ1v) is 10.8. The topological polar surface area (TPSA) is 71.7 Å². The summed E-state index contributed by atoms with van der Waals surface area (Å²) in [6.45, 7) is 5.29. The summed E-state index contributed by atoms with van der Waals surface area (Å²) >= 11 is 6.00. The zero-order valence-corrected chi connectivity index (χ0v) is 18.2. The van der Waals surface area contributed by atoms with Gasteiger partial charge in [0.1, 0.15) is 5.75 Å². The van der Waals surface area contributed by atoms with Gasteiger partial charge in [-0.2, -0.15) is 4.98 Å². The largest absolute Gasteiger partial charge is 0.481 e. The minimum absolute atomic E-state index is 0.0206. The molecule has 31 heavy (non-hydrogen) atoms. The maximum absolute atomic E-state index is 12.9. The number of benzene rings is 2. The molecule has 0 bridgehead atoms. The third-order valence-corrected chi connectivity index (χ3v) is 5.45. The van der Waals surface area contributed by atoms with Gasteiger partial charge >= 0.3 is 0 Å². The molecule has 1 amide bonds. The molecule has 0 spiro atoms. The zero-order valence-electron chi connectivity index (χ0n) is 17.4. The number of ether oxygens (including phenoxy) is 1. The monoisotopic (exact) mass is 440 g/mol. The second-order valence-corrected chi connectivity index (χ2v) is 7.99. The van der Waals surface area contributed by atoms with Gasteiger partial charge in [-0.15, -0.1) is 0 Å². The van der Waals surface area contributed by atoms with Crippen molar-refractivity contribution in [3.63, 3.8) is 0 Å². The lowest BCUT2D eigenvalue weighted by Crippen LogP contribution is -2.42. The van der Waals surface area contributed by atoms with Crippen molar-refractivity contribution in [3.8, 4) is 17.2 Å². The van der Waals surface area contributed by atoms with E-state index in [1.807, 2.05) is 35.2 Å². The quantitative estimate of drug-likeness (QED) is 0.579. The van der Waals surface area contributed by atoms with Crippen molar-refractivity contribution in [1.29, 1.82) is 0 Å². The summed E-state index contributed by atoms with van der Waals surface area (Å²) in [5.41, 5.74) is 0.905. The molecule has 1 aromatic heterocycles. The van der Waals surface area contributed by atoms with Crippen LogP contribution in [0.3, 0.4) is 0 Å². The molecule has 0 N–H and O–H groups in total. The van der Waals surface area contributed by atoms with Crippen LogP contribution in [0.25, 0.3) is 11.5 Å². The highest BCUT2D eigenvalue weighted by molar-refractivity contribution is 6.30. The smallest absolute Gasteiger partial charge is 0.263 e. The zero-order chi connectivity index (χ0) is 21.6. The minimum Gasteiger partial charge on any atom is -0.481 e. The first kappa shape index (κ1) is 21.3. The van der Waals surface area contributed by atoms with E-state index in [1.54, 1.807) is 31.2 Å². The van der Waals surface area contributed by atoms with Gasteiger partial charge in [0.05, 0.1) is 6.54 Å². The Balaban J connectivity index is 1.31. The van der Waals surface area contributed by atoms with Gasteiger partial charge in [0.2, 0.25) is 0 Å². The van der Waals surface area contributed by atoms with Crippen molar-refractivity contribution in [1.82, 2.24) is 19.9 Å². The number of halogens is 1. The van der Waals surface area contributed by atoms with Crippen LogP contribution < -0.4 is 4.74 Å². The third-order valence-electron chi connectivity index (χ3n) is 5.21. The van der Waals surface area contributed by atoms with Crippen molar-refractivity contribution in [3.05, 3.63) is 65.4 Å². The summed E-state index contributed by atoms with van der Waals surface area (Å²) in [5, 5.41) is 4.70. The molecule has 162 valence electrons. The summed E-state index contributed by atoms with van der Waals surface area (Å²) in [6.07, 6.45) is 0.301. The van der Waals surface area contributed by atoms with Gasteiger partial charge in [-0.05, 0) is 43.7 Å². The molecule has 4 rings (SSSR count). The lowest BCUT2D eigenvalue weighted by molar-refractivity contribution is -0.137. The molecule has 1 aliphatic heterocycles. The fourth-order valence-corrected chi connectivity index (χ4v) is 3.80. The van der Waals surface area contributed by atoms with Crippen LogP contribution in [0.15, 0.2) is 59.1 Å². The van der Waals surface area contributed by atoms with E-state index >= 15 is 0 Å². The van der Waals surface area contributed by atoms with Crippen molar-refractivity contribution in [2.45, 2.75) is 26.0 Å². The van der Waals surface area contributed by atoms with Crippen LogP contribution in [-0.4, -0.2) is 58.1 Å². The second-order valence-electron chi connectivity index (χ2n) is 7.55. The number of carbonyl (C=O) groups excluding carboxylic acids is 1. The van der Waals surface area contributed by atoms with Gasteiger partial charge in [0.25, 0.3) is 11.8 Å². The molecular weight excluding hydrogens is 416 g/mol. The van der Waals surface area contributed by atoms with E-state index in [0.29, 0.717) is 42.1 Å². The summed E-state index contributed by atoms with van der Waals surface area (Å²) in [5.74, 6) is 1.74. The molecule has 0 aliphatic carbocycles. The van der Waals surface area contributed by atoms with Crippen LogP contribution in [0.2, 0.25) is 5.02 Å². The van der Waals surface area contributed by atoms with Crippen LogP contribution in [0.4, 0.5) is 0 Å². The molecule has 8 heteroatoms. The van der Waals surface area contributed by atoms with Crippen molar-refractivity contribution < 1.29 is 14.1 Å². The second kappa shape index (κ2) is 9.94. The Morgan fingerprint density at radius 3 is 2.77 bits per heavy atom. The standard InChI is InChI=1S/C23H25ClN4O3/c1-17(30-20-10-5-9-19(24)15-20)23(29)28-12-6-11-27(13-14-28)16-21-25-22(31-26-21)18-7-3-2-4-8-18/h2-5,7-10,15,17H,6,11-14,16H2,1H3/t17-/m1/s1. The van der Waals surface area contributed by atoms with Gasteiger partial charge in [-0.3, -0.25) is 9.69 Å². The highest BCUT2D eigenvalue weighted by Gasteiger charge is 2.25. The van der Waals surface area contributed by atoms with Crippen LogP contribution >= 0.6 is 11.6 Å². The third kappa shape index (κ3) is 5.62. The normalized spacial score (nSPS) is 16.0. The van der Waals surface area contributed by atoms with Crippen LogP contribution in [0, 0.1) is 0 Å². The number of rotatable bonds is 6. The first-order valence-electron chi connectivity index (χ1n) is 10.4. The molecule has 0 radical (unpaired) electrons. The van der Waals surface area contributed by atoms with E-state index < -0.39 is 6.10 Å². The molecule has 7 nitrogen and oxygen atoms in total. The molecular formula is C23H25ClN4O3. The molecule has 1 saturated heterocycles. The minimum atomic E-state index is -0.573. The predicted octanol–water partition coefficient (Wildman–Crippen LogP) is 3.89. The maximum atomic E-state index is 12.9. The van der Waals surface area contributed by atoms with E-state index in [4.69, 9.17) is 20.9 Å². The Bertz CT molecular complexity index is 1010. The predicted molar refractivity (Wildman–Crippen MR) is 118 cm³/mol. The number of hydrogen-bond donors (Lipinski definition) is 0. The highest BCUT2D eigenvalue weighted by Crippen LogP contribution is 2.20. The summed E-state index contributed by atoms with van der Waals surface area (Å²) in [6, 6.07) is 16.8. The number of hydrogen-bond acceptors (Lipinski definition) is 6. The molecule has 3 aromatic rings. The summed E-state index contributed by atoms with van der Waals surface area (Å²) in [4.78, 5) is 21.5. The van der Waals surface area contributed by atoms with E-state index in [2.05, 4.69) is 15.0 Å². The van der Waals surface area contributed by atoms with E-state index in [0.717, 1.165) is 25.1 Å². The molecule has 0 saturated carbocycles. The summed E-state index contributed by atoms with van der Waals surface area (Å²) in [7, 11) is 0. The van der Waals surface area contributed by atoms with Gasteiger partial charge in [0.15, 0.2) is 11.9 Å². The highest BCUT2D eigenvalue weighted by atomic mass is 35.5. The lowest BCUT2D eigenvalue weighted by atomic mass is 10.2. The Morgan fingerprint density at radius 2 is 1.97 bits per heavy atom. The number of aromatic nitrogens is 2. The van der Waals surface area contributed by atoms with E-state index in [1.165, 1.54) is 0 Å². The van der Waals surface area contributed by atoms with Crippen molar-refractivity contribution in [2.24, 2.45) is 0 Å². The van der Waals surface area contributed by atoms with Crippen LogP contribution in [-0.2, 0) is 11.3 Å². The Labute approximate surface area is 186 Å². The fraction of sp³-hybridized carbons (Fsp3) is 0.348. The fourth-order valence-electron chi connectivity index (χ4n) is 3.62. The Morgan fingerprint density at radius 1 is 1.13 bits per heavy atom. The van der Waals surface area contributed by atoms with Gasteiger partial charge in [-0.1, -0.05) is 41.0 Å². The average molecular weight is 441 g/mol. The van der Waals surface area contributed by atoms with E-state index in [-0.39, 0.29) is 5.91 Å². The van der Waals surface area contributed by atoms with Crippen LogP contribution in [0.1, 0.15) is 19.2 Å². The molecule has 2 aromatic carbocycles. The van der Waals surface area contributed by atoms with Gasteiger partial charge in [0, 0.05) is 36.8 Å². The molecule has 1 fully saturated rings. The molecule has 1 aliphatic rings. The number of amides is 1. The lowest BCUT2D eigenvalue weighted by Gasteiger charge is -2.25. The van der Waals surface area contributed by atoms with Crippen LogP contribution in [0.5, 0.6) is 5.75 Å². The number of nitrogens with zero attached hydrogens (tertiary/aromatic N) is 4. The molecule has 2 heterocycles. The number of carbonyl (C=O) groups is 1. The summed E-state index contributed by atoms with van der Waals surface area (Å²) < 4.78 is 11.2. The van der Waals surface area contributed by atoms with Gasteiger partial charge in [-0.25, -0.2) is 0 Å². The Hall–Kier alpha value is -2.90. The van der Waals surface area contributed by atoms with E-state index in [9.17, 15) is 4.79 Å².